The van der Waals surface area contributed by atoms with Gasteiger partial charge in [0.2, 0.25) is 0 Å². The van der Waals surface area contributed by atoms with E-state index in [4.69, 9.17) is 0 Å². The van der Waals surface area contributed by atoms with Crippen LogP contribution in [0.3, 0.4) is 0 Å². The van der Waals surface area contributed by atoms with Crippen molar-refractivity contribution in [2.24, 2.45) is 11.8 Å². The lowest BCUT2D eigenvalue weighted by atomic mass is 9.86. The topological polar surface area (TPSA) is 12.0 Å². The molecule has 0 aromatic heterocycles. The molecule has 1 fully saturated rings. The molecule has 1 nitrogen and oxygen atoms in total. The Bertz CT molecular complexity index is 338. The highest BCUT2D eigenvalue weighted by molar-refractivity contribution is 5.15. The molecule has 0 saturated heterocycles. The van der Waals surface area contributed by atoms with Crippen molar-refractivity contribution >= 4 is 0 Å². The minimum Gasteiger partial charge on any atom is -0.314 e. The van der Waals surface area contributed by atoms with Crippen molar-refractivity contribution in [3.8, 4) is 0 Å². The second kappa shape index (κ2) is 7.69. The molecule has 1 saturated carbocycles. The van der Waals surface area contributed by atoms with Crippen molar-refractivity contribution in [3.63, 3.8) is 0 Å². The van der Waals surface area contributed by atoms with Crippen molar-refractivity contribution < 1.29 is 0 Å². The summed E-state index contributed by atoms with van der Waals surface area (Å²) in [5, 5.41) is 3.73. The zero-order chi connectivity index (χ0) is 13.5. The summed E-state index contributed by atoms with van der Waals surface area (Å²) in [6.07, 6.45) is 8.04. The molecule has 106 valence electrons. The normalized spacial score (nSPS) is 16.8. The molecule has 0 amide bonds. The van der Waals surface area contributed by atoms with Gasteiger partial charge in [-0.1, -0.05) is 57.0 Å². The Hall–Kier alpha value is -0.820. The van der Waals surface area contributed by atoms with Gasteiger partial charge in [0, 0.05) is 6.04 Å². The van der Waals surface area contributed by atoms with Gasteiger partial charge in [0.25, 0.3) is 0 Å². The molecule has 19 heavy (non-hydrogen) atoms. The predicted octanol–water partition coefficient (Wildman–Crippen LogP) is 4.42. The van der Waals surface area contributed by atoms with Crippen LogP contribution in [0.4, 0.5) is 0 Å². The quantitative estimate of drug-likeness (QED) is 0.692. The molecule has 1 aromatic carbocycles. The standard InChI is InChI=1S/C18H29N/c1-3-15(4-2)12-17(14-19-18-10-11-18)13-16-8-6-5-7-9-16/h5-9,15,17-19H,3-4,10-14H2,1-2H3. The van der Waals surface area contributed by atoms with E-state index in [1.807, 2.05) is 0 Å². The molecule has 2 rings (SSSR count). The molecular formula is C18H29N. The smallest absolute Gasteiger partial charge is 0.00683 e. The summed E-state index contributed by atoms with van der Waals surface area (Å²) in [4.78, 5) is 0. The van der Waals surface area contributed by atoms with Gasteiger partial charge in [0.05, 0.1) is 0 Å². The summed E-state index contributed by atoms with van der Waals surface area (Å²) in [5.74, 6) is 1.70. The molecule has 1 N–H and O–H groups in total. The van der Waals surface area contributed by atoms with Gasteiger partial charge in [-0.15, -0.1) is 0 Å². The Morgan fingerprint density at radius 3 is 2.32 bits per heavy atom. The van der Waals surface area contributed by atoms with Crippen LogP contribution in [0, 0.1) is 11.8 Å². The van der Waals surface area contributed by atoms with E-state index in [0.717, 1.165) is 17.9 Å². The summed E-state index contributed by atoms with van der Waals surface area (Å²) >= 11 is 0. The van der Waals surface area contributed by atoms with Gasteiger partial charge in [-0.25, -0.2) is 0 Å². The first-order valence-electron chi connectivity index (χ1n) is 8.09. The summed E-state index contributed by atoms with van der Waals surface area (Å²) in [7, 11) is 0. The van der Waals surface area contributed by atoms with E-state index >= 15 is 0 Å². The molecule has 0 spiro atoms. The Balaban J connectivity index is 1.87. The maximum absolute atomic E-state index is 3.73. The molecule has 0 bridgehead atoms. The first kappa shape index (κ1) is 14.6. The fourth-order valence-electron chi connectivity index (χ4n) is 2.90. The fourth-order valence-corrected chi connectivity index (χ4v) is 2.90. The van der Waals surface area contributed by atoms with Gasteiger partial charge in [0.15, 0.2) is 0 Å². The molecule has 1 heteroatoms. The molecular weight excluding hydrogens is 230 g/mol. The van der Waals surface area contributed by atoms with Crippen LogP contribution in [0.25, 0.3) is 0 Å². The van der Waals surface area contributed by atoms with E-state index in [-0.39, 0.29) is 0 Å². The Kier molecular flexibility index (Phi) is 5.91. The first-order chi connectivity index (χ1) is 9.31. The van der Waals surface area contributed by atoms with Gasteiger partial charge in [-0.05, 0) is 49.6 Å². The van der Waals surface area contributed by atoms with E-state index in [1.54, 1.807) is 0 Å². The lowest BCUT2D eigenvalue weighted by molar-refractivity contribution is 0.337. The van der Waals surface area contributed by atoms with Gasteiger partial charge < -0.3 is 5.32 Å². The number of nitrogens with one attached hydrogen (secondary N) is 1. The van der Waals surface area contributed by atoms with E-state index < -0.39 is 0 Å². The molecule has 1 aliphatic carbocycles. The third kappa shape index (κ3) is 5.36. The van der Waals surface area contributed by atoms with Crippen molar-refractivity contribution in [1.82, 2.24) is 5.32 Å². The van der Waals surface area contributed by atoms with Gasteiger partial charge in [-0.2, -0.15) is 0 Å². The molecule has 1 aromatic rings. The molecule has 1 atom stereocenters. The number of hydrogen-bond donors (Lipinski definition) is 1. The molecule has 1 unspecified atom stereocenters. The van der Waals surface area contributed by atoms with E-state index in [9.17, 15) is 0 Å². The van der Waals surface area contributed by atoms with E-state index in [1.165, 1.54) is 50.6 Å². The molecule has 1 aliphatic rings. The Morgan fingerprint density at radius 2 is 1.74 bits per heavy atom. The van der Waals surface area contributed by atoms with Crippen LogP contribution in [0.5, 0.6) is 0 Å². The predicted molar refractivity (Wildman–Crippen MR) is 83.3 cm³/mol. The largest absolute Gasteiger partial charge is 0.314 e. The minimum atomic E-state index is 0.799. The van der Waals surface area contributed by atoms with Crippen molar-refractivity contribution in [1.29, 1.82) is 0 Å². The summed E-state index contributed by atoms with van der Waals surface area (Å²) in [6, 6.07) is 11.8. The highest BCUT2D eigenvalue weighted by Gasteiger charge is 2.22. The zero-order valence-electron chi connectivity index (χ0n) is 12.6. The zero-order valence-corrected chi connectivity index (χ0v) is 12.6. The fraction of sp³-hybridized carbons (Fsp3) is 0.667. The maximum Gasteiger partial charge on any atom is 0.00683 e. The van der Waals surface area contributed by atoms with Crippen LogP contribution >= 0.6 is 0 Å². The summed E-state index contributed by atoms with van der Waals surface area (Å²) in [5.41, 5.74) is 1.50. The maximum atomic E-state index is 3.73. The van der Waals surface area contributed by atoms with Crippen LogP contribution in [0.1, 0.15) is 51.5 Å². The highest BCUT2D eigenvalue weighted by atomic mass is 14.9. The van der Waals surface area contributed by atoms with Crippen LogP contribution in [-0.2, 0) is 6.42 Å². The van der Waals surface area contributed by atoms with Gasteiger partial charge in [-0.3, -0.25) is 0 Å². The second-order valence-electron chi connectivity index (χ2n) is 6.16. The van der Waals surface area contributed by atoms with Crippen LogP contribution < -0.4 is 5.32 Å². The van der Waals surface area contributed by atoms with E-state index in [0.29, 0.717) is 0 Å². The number of benzene rings is 1. The van der Waals surface area contributed by atoms with Crippen LogP contribution in [0.15, 0.2) is 30.3 Å². The third-order valence-electron chi connectivity index (χ3n) is 4.46. The second-order valence-corrected chi connectivity index (χ2v) is 6.16. The summed E-state index contributed by atoms with van der Waals surface area (Å²) < 4.78 is 0. The lowest BCUT2D eigenvalue weighted by Gasteiger charge is -2.22. The van der Waals surface area contributed by atoms with Gasteiger partial charge in [0.1, 0.15) is 0 Å². The van der Waals surface area contributed by atoms with Crippen molar-refractivity contribution in [2.75, 3.05) is 6.54 Å². The average Bonchev–Trinajstić information content (AvgIpc) is 3.27. The SMILES string of the molecule is CCC(CC)CC(CNC1CC1)Cc1ccccc1. The first-order valence-corrected chi connectivity index (χ1v) is 8.09. The van der Waals surface area contributed by atoms with Crippen molar-refractivity contribution in [2.45, 2.75) is 58.4 Å². The highest BCUT2D eigenvalue weighted by Crippen LogP contribution is 2.24. The monoisotopic (exact) mass is 259 g/mol. The molecule has 0 radical (unpaired) electrons. The minimum absolute atomic E-state index is 0.799. The molecule has 0 heterocycles. The summed E-state index contributed by atoms with van der Waals surface area (Å²) in [6.45, 7) is 5.88. The average molecular weight is 259 g/mol. The lowest BCUT2D eigenvalue weighted by Crippen LogP contribution is -2.27. The number of rotatable bonds is 9. The van der Waals surface area contributed by atoms with Gasteiger partial charge >= 0.3 is 0 Å². The Morgan fingerprint density at radius 1 is 1.05 bits per heavy atom. The number of hydrogen-bond acceptors (Lipinski definition) is 1. The molecule has 0 aliphatic heterocycles. The van der Waals surface area contributed by atoms with E-state index in [2.05, 4.69) is 49.5 Å². The Labute approximate surface area is 118 Å². The van der Waals surface area contributed by atoms with Crippen molar-refractivity contribution in [3.05, 3.63) is 35.9 Å². The van der Waals surface area contributed by atoms with Crippen LogP contribution in [0.2, 0.25) is 0 Å². The van der Waals surface area contributed by atoms with Crippen LogP contribution in [-0.4, -0.2) is 12.6 Å². The third-order valence-corrected chi connectivity index (χ3v) is 4.46.